The molecule has 1 saturated heterocycles. The zero-order valence-electron chi connectivity index (χ0n) is 11.2. The molecule has 0 aromatic heterocycles. The smallest absolute Gasteiger partial charge is 0.319 e. The molecule has 104 valence electrons. The van der Waals surface area contributed by atoms with E-state index in [1.807, 2.05) is 24.3 Å². The van der Waals surface area contributed by atoms with Crippen molar-refractivity contribution in [1.29, 1.82) is 0 Å². The van der Waals surface area contributed by atoms with Gasteiger partial charge in [-0.1, -0.05) is 0 Å². The van der Waals surface area contributed by atoms with Crippen LogP contribution in [0.1, 0.15) is 12.8 Å². The molecule has 1 aliphatic rings. The molecule has 1 fully saturated rings. The van der Waals surface area contributed by atoms with Crippen LogP contribution < -0.4 is 20.7 Å². The maximum absolute atomic E-state index is 11.7. The number of methoxy groups -OCH3 is 1. The molecule has 1 aromatic rings. The van der Waals surface area contributed by atoms with E-state index in [1.165, 1.54) is 12.8 Å². The molecule has 1 aliphatic heterocycles. The molecule has 1 aromatic carbocycles. The lowest BCUT2D eigenvalue weighted by Gasteiger charge is -2.22. The highest BCUT2D eigenvalue weighted by Gasteiger charge is 2.13. The average Bonchev–Trinajstić information content (AvgIpc) is 2.47. The van der Waals surface area contributed by atoms with E-state index >= 15 is 0 Å². The van der Waals surface area contributed by atoms with Gasteiger partial charge in [-0.2, -0.15) is 0 Å². The molecule has 3 N–H and O–H groups in total. The Balaban J connectivity index is 1.73. The minimum atomic E-state index is -0.157. The van der Waals surface area contributed by atoms with E-state index in [4.69, 9.17) is 4.74 Å². The predicted octanol–water partition coefficient (Wildman–Crippen LogP) is 1.82. The average molecular weight is 263 g/mol. The van der Waals surface area contributed by atoms with E-state index in [1.54, 1.807) is 7.11 Å². The number of benzene rings is 1. The number of piperidine rings is 1. The van der Waals surface area contributed by atoms with Gasteiger partial charge in [0.2, 0.25) is 0 Å². The van der Waals surface area contributed by atoms with E-state index in [2.05, 4.69) is 16.0 Å². The van der Waals surface area contributed by atoms with Crippen LogP contribution in [0.25, 0.3) is 0 Å². The monoisotopic (exact) mass is 263 g/mol. The van der Waals surface area contributed by atoms with Gasteiger partial charge in [-0.3, -0.25) is 0 Å². The molecule has 0 bridgehead atoms. The van der Waals surface area contributed by atoms with Crippen LogP contribution in [0.5, 0.6) is 5.75 Å². The van der Waals surface area contributed by atoms with E-state index in [9.17, 15) is 4.79 Å². The molecule has 0 aliphatic carbocycles. The van der Waals surface area contributed by atoms with E-state index in [0.717, 1.165) is 31.1 Å². The summed E-state index contributed by atoms with van der Waals surface area (Å²) in [7, 11) is 1.62. The van der Waals surface area contributed by atoms with Crippen LogP contribution in [-0.4, -0.2) is 32.8 Å². The third-order valence-corrected chi connectivity index (χ3v) is 3.30. The molecular weight excluding hydrogens is 242 g/mol. The van der Waals surface area contributed by atoms with Crippen LogP contribution in [0.4, 0.5) is 10.5 Å². The number of hydrogen-bond donors (Lipinski definition) is 3. The van der Waals surface area contributed by atoms with Crippen molar-refractivity contribution in [1.82, 2.24) is 10.6 Å². The largest absolute Gasteiger partial charge is 0.497 e. The lowest BCUT2D eigenvalue weighted by atomic mass is 10.00. The quantitative estimate of drug-likeness (QED) is 0.776. The Morgan fingerprint density at radius 1 is 1.42 bits per heavy atom. The summed E-state index contributed by atoms with van der Waals surface area (Å²) in [4.78, 5) is 11.7. The third-order valence-electron chi connectivity index (χ3n) is 3.30. The number of ether oxygens (including phenoxy) is 1. The Bertz CT molecular complexity index is 400. The summed E-state index contributed by atoms with van der Waals surface area (Å²) in [5.74, 6) is 1.31. The Morgan fingerprint density at radius 2 is 2.21 bits per heavy atom. The number of rotatable bonds is 4. The summed E-state index contributed by atoms with van der Waals surface area (Å²) in [5.41, 5.74) is 0.764. The fraction of sp³-hybridized carbons (Fsp3) is 0.500. The van der Waals surface area contributed by atoms with Crippen LogP contribution in [0, 0.1) is 5.92 Å². The Morgan fingerprint density at radius 3 is 2.84 bits per heavy atom. The first kappa shape index (κ1) is 13.7. The summed E-state index contributed by atoms with van der Waals surface area (Å²) in [6.45, 7) is 2.80. The summed E-state index contributed by atoms with van der Waals surface area (Å²) >= 11 is 0. The Hall–Kier alpha value is -1.75. The van der Waals surface area contributed by atoms with E-state index < -0.39 is 0 Å². The van der Waals surface area contributed by atoms with Crippen molar-refractivity contribution in [3.8, 4) is 5.75 Å². The number of anilines is 1. The number of carbonyl (C=O) groups is 1. The van der Waals surface area contributed by atoms with Crippen LogP contribution in [0.3, 0.4) is 0 Å². The van der Waals surface area contributed by atoms with Gasteiger partial charge in [0, 0.05) is 12.2 Å². The predicted molar refractivity (Wildman–Crippen MR) is 75.6 cm³/mol. The summed E-state index contributed by atoms with van der Waals surface area (Å²) < 4.78 is 5.07. The van der Waals surface area contributed by atoms with Crippen molar-refractivity contribution in [2.45, 2.75) is 12.8 Å². The summed E-state index contributed by atoms with van der Waals surface area (Å²) in [6.07, 6.45) is 2.36. The van der Waals surface area contributed by atoms with Gasteiger partial charge in [-0.05, 0) is 56.1 Å². The molecule has 2 amide bonds. The Labute approximate surface area is 113 Å². The normalized spacial score (nSPS) is 18.7. The number of urea groups is 1. The van der Waals surface area contributed by atoms with E-state index in [-0.39, 0.29) is 6.03 Å². The van der Waals surface area contributed by atoms with Crippen LogP contribution in [0.2, 0.25) is 0 Å². The Kier molecular flexibility index (Phi) is 5.03. The van der Waals surface area contributed by atoms with Crippen molar-refractivity contribution < 1.29 is 9.53 Å². The van der Waals surface area contributed by atoms with Crippen LogP contribution in [-0.2, 0) is 0 Å². The van der Waals surface area contributed by atoms with E-state index in [0.29, 0.717) is 5.92 Å². The number of nitrogens with one attached hydrogen (secondary N) is 3. The van der Waals surface area contributed by atoms with Gasteiger partial charge >= 0.3 is 6.03 Å². The van der Waals surface area contributed by atoms with Crippen molar-refractivity contribution in [2.24, 2.45) is 5.92 Å². The molecule has 0 radical (unpaired) electrons. The fourth-order valence-electron chi connectivity index (χ4n) is 2.18. The topological polar surface area (TPSA) is 62.4 Å². The molecule has 5 nitrogen and oxygen atoms in total. The standard InChI is InChI=1S/C14H21N3O2/c1-19-13-6-4-12(5-7-13)17-14(18)16-10-11-3-2-8-15-9-11/h4-7,11,15H,2-3,8-10H2,1H3,(H2,16,17,18). The lowest BCUT2D eigenvalue weighted by molar-refractivity contribution is 0.248. The maximum Gasteiger partial charge on any atom is 0.319 e. The van der Waals surface area contributed by atoms with Crippen molar-refractivity contribution in [2.75, 3.05) is 32.1 Å². The first-order chi connectivity index (χ1) is 9.28. The van der Waals surface area contributed by atoms with Gasteiger partial charge in [-0.15, -0.1) is 0 Å². The molecular formula is C14H21N3O2. The van der Waals surface area contributed by atoms with Gasteiger partial charge in [0.05, 0.1) is 7.11 Å². The SMILES string of the molecule is COc1ccc(NC(=O)NCC2CCCNC2)cc1. The number of carbonyl (C=O) groups excluding carboxylic acids is 1. The van der Waals surface area contributed by atoms with Crippen LogP contribution in [0.15, 0.2) is 24.3 Å². The minimum Gasteiger partial charge on any atom is -0.497 e. The zero-order chi connectivity index (χ0) is 13.5. The molecule has 1 unspecified atom stereocenters. The highest BCUT2D eigenvalue weighted by Crippen LogP contribution is 2.14. The molecule has 0 saturated carbocycles. The van der Waals surface area contributed by atoms with Gasteiger partial charge < -0.3 is 20.7 Å². The van der Waals surface area contributed by atoms with Gasteiger partial charge in [0.25, 0.3) is 0 Å². The molecule has 19 heavy (non-hydrogen) atoms. The third kappa shape index (κ3) is 4.44. The molecule has 2 rings (SSSR count). The second-order valence-electron chi connectivity index (χ2n) is 4.78. The van der Waals surface area contributed by atoms with Crippen molar-refractivity contribution in [3.63, 3.8) is 0 Å². The highest BCUT2D eigenvalue weighted by atomic mass is 16.5. The van der Waals surface area contributed by atoms with Gasteiger partial charge in [-0.25, -0.2) is 4.79 Å². The number of hydrogen-bond acceptors (Lipinski definition) is 3. The maximum atomic E-state index is 11.7. The first-order valence-corrected chi connectivity index (χ1v) is 6.67. The van der Waals surface area contributed by atoms with Crippen molar-refractivity contribution in [3.05, 3.63) is 24.3 Å². The fourth-order valence-corrected chi connectivity index (χ4v) is 2.18. The molecule has 0 spiro atoms. The molecule has 1 heterocycles. The van der Waals surface area contributed by atoms with Crippen molar-refractivity contribution >= 4 is 11.7 Å². The second-order valence-corrected chi connectivity index (χ2v) is 4.78. The van der Waals surface area contributed by atoms with Gasteiger partial charge in [0.15, 0.2) is 0 Å². The minimum absolute atomic E-state index is 0.157. The summed E-state index contributed by atoms with van der Waals surface area (Å²) in [6, 6.07) is 7.12. The van der Waals surface area contributed by atoms with Gasteiger partial charge in [0.1, 0.15) is 5.75 Å². The second kappa shape index (κ2) is 6.99. The molecule has 1 atom stereocenters. The number of amides is 2. The zero-order valence-corrected chi connectivity index (χ0v) is 11.2. The highest BCUT2D eigenvalue weighted by molar-refractivity contribution is 5.89. The van der Waals surface area contributed by atoms with Crippen LogP contribution >= 0.6 is 0 Å². The lowest BCUT2D eigenvalue weighted by Crippen LogP contribution is -2.39. The first-order valence-electron chi connectivity index (χ1n) is 6.67. The molecule has 5 heteroatoms. The summed E-state index contributed by atoms with van der Waals surface area (Å²) in [5, 5.41) is 9.05.